The minimum absolute atomic E-state index is 0.0489. The van der Waals surface area contributed by atoms with Crippen molar-refractivity contribution in [3.63, 3.8) is 0 Å². The van der Waals surface area contributed by atoms with Crippen LogP contribution in [0.25, 0.3) is 0 Å². The van der Waals surface area contributed by atoms with Gasteiger partial charge >= 0.3 is 6.61 Å². The third-order valence-electron chi connectivity index (χ3n) is 4.08. The fraction of sp³-hybridized carbons (Fsp3) is 0.562. The van der Waals surface area contributed by atoms with Crippen molar-refractivity contribution in [1.29, 1.82) is 0 Å². The van der Waals surface area contributed by atoms with Gasteiger partial charge in [0, 0.05) is 18.8 Å². The van der Waals surface area contributed by atoms with Crippen LogP contribution < -0.4 is 10.1 Å². The number of nitrogens with zero attached hydrogens (tertiary/aromatic N) is 1. The summed E-state index contributed by atoms with van der Waals surface area (Å²) in [6.45, 7) is 0.618. The maximum absolute atomic E-state index is 12.3. The van der Waals surface area contributed by atoms with Gasteiger partial charge in [-0.3, -0.25) is 9.69 Å². The molecular weight excluding hydrogens is 306 g/mol. The fourth-order valence-corrected chi connectivity index (χ4v) is 2.73. The SMILES string of the molecule is CC(C(=O)Nc1ccc(OC(F)F)cc1)N1CCCC(CO)C1. The first-order chi connectivity index (χ1) is 11.0. The first-order valence-electron chi connectivity index (χ1n) is 7.70. The topological polar surface area (TPSA) is 61.8 Å². The highest BCUT2D eigenvalue weighted by Crippen LogP contribution is 2.20. The standard InChI is InChI=1S/C16H22F2N2O3/c1-11(20-8-2-3-12(9-20)10-21)15(22)19-13-4-6-14(7-5-13)23-16(17)18/h4-7,11-12,16,21H,2-3,8-10H2,1H3,(H,19,22). The highest BCUT2D eigenvalue weighted by Gasteiger charge is 2.27. The summed E-state index contributed by atoms with van der Waals surface area (Å²) in [6.07, 6.45) is 1.94. The number of halogens is 2. The monoisotopic (exact) mass is 328 g/mol. The van der Waals surface area contributed by atoms with Gasteiger partial charge in [-0.15, -0.1) is 0 Å². The van der Waals surface area contributed by atoms with Gasteiger partial charge in [0.1, 0.15) is 5.75 Å². The molecule has 1 fully saturated rings. The maximum Gasteiger partial charge on any atom is 0.387 e. The largest absolute Gasteiger partial charge is 0.435 e. The van der Waals surface area contributed by atoms with Crippen LogP contribution in [0.3, 0.4) is 0 Å². The van der Waals surface area contributed by atoms with Crippen molar-refractivity contribution in [3.05, 3.63) is 24.3 Å². The summed E-state index contributed by atoms with van der Waals surface area (Å²) in [5.74, 6) is 0.101. The molecule has 0 radical (unpaired) electrons. The number of ether oxygens (including phenoxy) is 1. The minimum atomic E-state index is -2.87. The van der Waals surface area contributed by atoms with E-state index in [9.17, 15) is 18.7 Å². The van der Waals surface area contributed by atoms with E-state index in [1.165, 1.54) is 24.3 Å². The van der Waals surface area contributed by atoms with E-state index in [2.05, 4.69) is 10.1 Å². The lowest BCUT2D eigenvalue weighted by molar-refractivity contribution is -0.121. The van der Waals surface area contributed by atoms with E-state index in [-0.39, 0.29) is 30.2 Å². The highest BCUT2D eigenvalue weighted by atomic mass is 19.3. The van der Waals surface area contributed by atoms with Crippen LogP contribution in [0.15, 0.2) is 24.3 Å². The smallest absolute Gasteiger partial charge is 0.387 e. The zero-order chi connectivity index (χ0) is 16.8. The molecule has 0 aromatic heterocycles. The summed E-state index contributed by atoms with van der Waals surface area (Å²) >= 11 is 0. The number of rotatable bonds is 6. The van der Waals surface area contributed by atoms with Gasteiger partial charge in [0.2, 0.25) is 5.91 Å². The number of benzene rings is 1. The lowest BCUT2D eigenvalue weighted by atomic mass is 9.97. The predicted octanol–water partition coefficient (Wildman–Crippen LogP) is 2.32. The zero-order valence-corrected chi connectivity index (χ0v) is 13.0. The van der Waals surface area contributed by atoms with Crippen LogP contribution in [0.5, 0.6) is 5.75 Å². The molecule has 23 heavy (non-hydrogen) atoms. The van der Waals surface area contributed by atoms with Crippen LogP contribution in [-0.4, -0.2) is 48.3 Å². The molecule has 1 amide bonds. The van der Waals surface area contributed by atoms with Crippen LogP contribution in [0.1, 0.15) is 19.8 Å². The van der Waals surface area contributed by atoms with Crippen LogP contribution in [0, 0.1) is 5.92 Å². The number of carbonyl (C=O) groups is 1. The van der Waals surface area contributed by atoms with Crippen molar-refractivity contribution >= 4 is 11.6 Å². The van der Waals surface area contributed by atoms with Gasteiger partial charge < -0.3 is 15.2 Å². The zero-order valence-electron chi connectivity index (χ0n) is 13.0. The van der Waals surface area contributed by atoms with E-state index in [0.29, 0.717) is 12.2 Å². The van der Waals surface area contributed by atoms with Crippen LogP contribution in [0.2, 0.25) is 0 Å². The van der Waals surface area contributed by atoms with Gasteiger partial charge in [-0.25, -0.2) is 0 Å². The Morgan fingerprint density at radius 2 is 2.13 bits per heavy atom. The molecule has 2 N–H and O–H groups in total. The van der Waals surface area contributed by atoms with E-state index in [1.54, 1.807) is 0 Å². The Morgan fingerprint density at radius 1 is 1.43 bits per heavy atom. The van der Waals surface area contributed by atoms with Crippen molar-refractivity contribution in [2.45, 2.75) is 32.4 Å². The normalized spacial score (nSPS) is 20.3. The van der Waals surface area contributed by atoms with Crippen molar-refractivity contribution in [1.82, 2.24) is 4.90 Å². The fourth-order valence-electron chi connectivity index (χ4n) is 2.73. The quantitative estimate of drug-likeness (QED) is 0.841. The van der Waals surface area contributed by atoms with Crippen LogP contribution in [0.4, 0.5) is 14.5 Å². The lowest BCUT2D eigenvalue weighted by Crippen LogP contribution is -2.47. The van der Waals surface area contributed by atoms with Gasteiger partial charge in [-0.1, -0.05) is 0 Å². The molecule has 2 unspecified atom stereocenters. The van der Waals surface area contributed by atoms with E-state index < -0.39 is 6.61 Å². The van der Waals surface area contributed by atoms with Crippen molar-refractivity contribution < 1.29 is 23.4 Å². The highest BCUT2D eigenvalue weighted by molar-refractivity contribution is 5.94. The lowest BCUT2D eigenvalue weighted by Gasteiger charge is -2.35. The second-order valence-electron chi connectivity index (χ2n) is 5.75. The molecular formula is C16H22F2N2O3. The van der Waals surface area contributed by atoms with E-state index in [4.69, 9.17) is 0 Å². The van der Waals surface area contributed by atoms with E-state index in [1.807, 2.05) is 11.8 Å². The number of nitrogens with one attached hydrogen (secondary N) is 1. The Hall–Kier alpha value is -1.73. The predicted molar refractivity (Wildman–Crippen MR) is 82.5 cm³/mol. The number of amides is 1. The van der Waals surface area contributed by atoms with Gasteiger partial charge in [0.05, 0.1) is 6.04 Å². The molecule has 1 aliphatic rings. The first kappa shape index (κ1) is 17.6. The number of anilines is 1. The molecule has 0 spiro atoms. The van der Waals surface area contributed by atoms with Gasteiger partial charge in [-0.05, 0) is 56.5 Å². The van der Waals surface area contributed by atoms with Gasteiger partial charge in [0.25, 0.3) is 0 Å². The van der Waals surface area contributed by atoms with Crippen LogP contribution >= 0.6 is 0 Å². The summed E-state index contributed by atoms with van der Waals surface area (Å²) in [5.41, 5.74) is 0.527. The number of hydrogen-bond acceptors (Lipinski definition) is 4. The number of alkyl halides is 2. The number of aliphatic hydroxyl groups is 1. The molecule has 0 aliphatic carbocycles. The molecule has 2 rings (SSSR count). The molecule has 1 heterocycles. The summed E-state index contributed by atoms with van der Waals surface area (Å²) in [7, 11) is 0. The Bertz CT molecular complexity index is 511. The second kappa shape index (κ2) is 8.21. The number of likely N-dealkylation sites (tertiary alicyclic amines) is 1. The number of hydrogen-bond donors (Lipinski definition) is 2. The Balaban J connectivity index is 1.90. The molecule has 1 aliphatic heterocycles. The third-order valence-corrected chi connectivity index (χ3v) is 4.08. The van der Waals surface area contributed by atoms with Crippen molar-refractivity contribution in [3.8, 4) is 5.75 Å². The molecule has 0 saturated carbocycles. The number of piperidine rings is 1. The number of aliphatic hydroxyl groups excluding tert-OH is 1. The first-order valence-corrected chi connectivity index (χ1v) is 7.70. The third kappa shape index (κ3) is 5.14. The molecule has 2 atom stereocenters. The van der Waals surface area contributed by atoms with E-state index in [0.717, 1.165) is 19.4 Å². The Kier molecular flexibility index (Phi) is 6.29. The molecule has 128 valence electrons. The summed E-state index contributed by atoms with van der Waals surface area (Å²) < 4.78 is 28.4. The summed E-state index contributed by atoms with van der Waals surface area (Å²) in [4.78, 5) is 14.4. The second-order valence-corrected chi connectivity index (χ2v) is 5.75. The molecule has 0 bridgehead atoms. The van der Waals surface area contributed by atoms with Crippen LogP contribution in [-0.2, 0) is 4.79 Å². The van der Waals surface area contributed by atoms with Crippen molar-refractivity contribution in [2.24, 2.45) is 5.92 Å². The maximum atomic E-state index is 12.3. The number of carbonyl (C=O) groups excluding carboxylic acids is 1. The summed E-state index contributed by atoms with van der Waals surface area (Å²) in [5, 5.41) is 12.0. The Morgan fingerprint density at radius 3 is 2.74 bits per heavy atom. The average Bonchev–Trinajstić information content (AvgIpc) is 2.55. The summed E-state index contributed by atoms with van der Waals surface area (Å²) in [6, 6.07) is 5.50. The molecule has 1 aromatic carbocycles. The average molecular weight is 328 g/mol. The van der Waals surface area contributed by atoms with Crippen molar-refractivity contribution in [2.75, 3.05) is 25.0 Å². The molecule has 7 heteroatoms. The Labute approximate surface area is 134 Å². The van der Waals surface area contributed by atoms with Gasteiger partial charge in [-0.2, -0.15) is 8.78 Å². The molecule has 1 saturated heterocycles. The van der Waals surface area contributed by atoms with E-state index >= 15 is 0 Å². The molecule has 5 nitrogen and oxygen atoms in total. The minimum Gasteiger partial charge on any atom is -0.435 e. The van der Waals surface area contributed by atoms with Gasteiger partial charge in [0.15, 0.2) is 0 Å². The molecule has 1 aromatic rings.